The molecule has 2 amide bonds. The minimum absolute atomic E-state index is 0.205. The number of carbonyl (C=O) groups excluding carboxylic acids is 2. The molecule has 1 aromatic carbocycles. The van der Waals surface area contributed by atoms with Crippen LogP contribution in [-0.2, 0) is 9.59 Å². The molecule has 0 bridgehead atoms. The number of likely N-dealkylation sites (tertiary alicyclic amines) is 1. The van der Waals surface area contributed by atoms with Gasteiger partial charge in [0.25, 0.3) is 0 Å². The molecule has 1 unspecified atom stereocenters. The second-order valence-electron chi connectivity index (χ2n) is 7.96. The SMILES string of the molecule is CC1CC(C(=O)N2CCCC3(CCN(c4ccccc4)C3=O)C2)C1. The van der Waals surface area contributed by atoms with Crippen LogP contribution in [0.1, 0.15) is 39.0 Å². The van der Waals surface area contributed by atoms with Crippen molar-refractivity contribution in [2.75, 3.05) is 24.5 Å². The number of rotatable bonds is 2. The molecular weight excluding hydrogens is 300 g/mol. The average Bonchev–Trinajstić information content (AvgIpc) is 2.89. The fourth-order valence-electron chi connectivity index (χ4n) is 4.74. The fraction of sp³-hybridized carbons (Fsp3) is 0.600. The van der Waals surface area contributed by atoms with Gasteiger partial charge in [0.1, 0.15) is 0 Å². The highest BCUT2D eigenvalue weighted by Crippen LogP contribution is 2.43. The minimum atomic E-state index is -0.348. The maximum Gasteiger partial charge on any atom is 0.235 e. The molecule has 1 saturated carbocycles. The molecule has 0 N–H and O–H groups in total. The molecule has 128 valence electrons. The Morgan fingerprint density at radius 1 is 1.12 bits per heavy atom. The smallest absolute Gasteiger partial charge is 0.235 e. The molecule has 2 aliphatic heterocycles. The predicted molar refractivity (Wildman–Crippen MR) is 93.5 cm³/mol. The van der Waals surface area contributed by atoms with Crippen LogP contribution in [0.15, 0.2) is 30.3 Å². The van der Waals surface area contributed by atoms with Crippen LogP contribution in [0.4, 0.5) is 5.69 Å². The highest BCUT2D eigenvalue weighted by Gasteiger charge is 2.50. The van der Waals surface area contributed by atoms with Crippen molar-refractivity contribution in [2.24, 2.45) is 17.3 Å². The van der Waals surface area contributed by atoms with Crippen LogP contribution in [-0.4, -0.2) is 36.3 Å². The number of nitrogens with zero attached hydrogens (tertiary/aromatic N) is 2. The van der Waals surface area contributed by atoms with Crippen LogP contribution in [0.3, 0.4) is 0 Å². The Morgan fingerprint density at radius 3 is 2.58 bits per heavy atom. The van der Waals surface area contributed by atoms with Crippen molar-refractivity contribution in [3.8, 4) is 0 Å². The van der Waals surface area contributed by atoms with E-state index in [9.17, 15) is 9.59 Å². The average molecular weight is 326 g/mol. The monoisotopic (exact) mass is 326 g/mol. The van der Waals surface area contributed by atoms with E-state index in [2.05, 4.69) is 6.92 Å². The Hall–Kier alpha value is -1.84. The van der Waals surface area contributed by atoms with Crippen molar-refractivity contribution < 1.29 is 9.59 Å². The summed E-state index contributed by atoms with van der Waals surface area (Å²) in [6.07, 6.45) is 4.77. The number of anilines is 1. The first-order valence-corrected chi connectivity index (χ1v) is 9.25. The van der Waals surface area contributed by atoms with E-state index in [4.69, 9.17) is 0 Å². The summed E-state index contributed by atoms with van der Waals surface area (Å²) >= 11 is 0. The van der Waals surface area contributed by atoms with Gasteiger partial charge >= 0.3 is 0 Å². The number of hydrogen-bond acceptors (Lipinski definition) is 2. The van der Waals surface area contributed by atoms with Crippen molar-refractivity contribution in [1.29, 1.82) is 0 Å². The van der Waals surface area contributed by atoms with Crippen molar-refractivity contribution in [3.63, 3.8) is 0 Å². The Bertz CT molecular complexity index is 638. The number of amides is 2. The molecule has 0 aromatic heterocycles. The Labute approximate surface area is 143 Å². The van der Waals surface area contributed by atoms with Gasteiger partial charge in [-0.25, -0.2) is 0 Å². The molecule has 3 aliphatic rings. The third kappa shape index (κ3) is 2.52. The Balaban J connectivity index is 1.49. The summed E-state index contributed by atoms with van der Waals surface area (Å²) in [6.45, 7) is 4.42. The van der Waals surface area contributed by atoms with Crippen molar-refractivity contribution in [1.82, 2.24) is 4.90 Å². The molecule has 1 aromatic rings. The van der Waals surface area contributed by atoms with E-state index in [1.54, 1.807) is 0 Å². The normalized spacial score (nSPS) is 33.0. The third-order valence-corrected chi connectivity index (χ3v) is 6.19. The van der Waals surface area contributed by atoms with Gasteiger partial charge in [-0.2, -0.15) is 0 Å². The van der Waals surface area contributed by atoms with Crippen LogP contribution in [0.5, 0.6) is 0 Å². The lowest BCUT2D eigenvalue weighted by molar-refractivity contribution is -0.145. The number of para-hydroxylation sites is 1. The lowest BCUT2D eigenvalue weighted by Gasteiger charge is -2.42. The van der Waals surface area contributed by atoms with E-state index in [0.717, 1.165) is 50.9 Å². The highest BCUT2D eigenvalue weighted by atomic mass is 16.2. The van der Waals surface area contributed by atoms with E-state index in [0.29, 0.717) is 12.5 Å². The van der Waals surface area contributed by atoms with Gasteiger partial charge in [0.05, 0.1) is 5.41 Å². The molecular formula is C20H26N2O2. The number of piperidine rings is 1. The van der Waals surface area contributed by atoms with Gasteiger partial charge < -0.3 is 9.80 Å². The van der Waals surface area contributed by atoms with Gasteiger partial charge in [0.2, 0.25) is 11.8 Å². The van der Waals surface area contributed by atoms with Crippen LogP contribution in [0.25, 0.3) is 0 Å². The van der Waals surface area contributed by atoms with Crippen LogP contribution in [0.2, 0.25) is 0 Å². The zero-order chi connectivity index (χ0) is 16.7. The lowest BCUT2D eigenvalue weighted by Crippen LogP contribution is -2.52. The molecule has 4 rings (SSSR count). The van der Waals surface area contributed by atoms with Gasteiger partial charge in [0, 0.05) is 31.2 Å². The molecule has 24 heavy (non-hydrogen) atoms. The Kier molecular flexibility index (Phi) is 3.86. The fourth-order valence-corrected chi connectivity index (χ4v) is 4.74. The largest absolute Gasteiger partial charge is 0.341 e. The number of hydrogen-bond donors (Lipinski definition) is 0. The maximum absolute atomic E-state index is 13.1. The predicted octanol–water partition coefficient (Wildman–Crippen LogP) is 3.08. The molecule has 4 heteroatoms. The number of carbonyl (C=O) groups is 2. The van der Waals surface area contributed by atoms with Crippen LogP contribution >= 0.6 is 0 Å². The third-order valence-electron chi connectivity index (χ3n) is 6.19. The second-order valence-corrected chi connectivity index (χ2v) is 7.96. The van der Waals surface area contributed by atoms with E-state index in [1.165, 1.54) is 0 Å². The summed E-state index contributed by atoms with van der Waals surface area (Å²) in [4.78, 5) is 29.8. The van der Waals surface area contributed by atoms with Crippen LogP contribution < -0.4 is 4.90 Å². The summed E-state index contributed by atoms with van der Waals surface area (Å²) < 4.78 is 0. The van der Waals surface area contributed by atoms with E-state index in [1.807, 2.05) is 40.1 Å². The molecule has 2 saturated heterocycles. The lowest BCUT2D eigenvalue weighted by atomic mass is 9.73. The van der Waals surface area contributed by atoms with E-state index >= 15 is 0 Å². The number of benzene rings is 1. The minimum Gasteiger partial charge on any atom is -0.341 e. The first kappa shape index (κ1) is 15.7. The van der Waals surface area contributed by atoms with Gasteiger partial charge in [-0.15, -0.1) is 0 Å². The quantitative estimate of drug-likeness (QED) is 0.838. The molecule has 1 atom stereocenters. The molecule has 1 aliphatic carbocycles. The maximum atomic E-state index is 13.1. The highest BCUT2D eigenvalue weighted by molar-refractivity contribution is 6.00. The molecule has 0 radical (unpaired) electrons. The van der Waals surface area contributed by atoms with Gasteiger partial charge in [-0.1, -0.05) is 25.1 Å². The summed E-state index contributed by atoms with van der Waals surface area (Å²) in [5.41, 5.74) is 0.634. The van der Waals surface area contributed by atoms with Gasteiger partial charge in [-0.3, -0.25) is 9.59 Å². The van der Waals surface area contributed by atoms with Crippen LogP contribution in [0, 0.1) is 17.3 Å². The summed E-state index contributed by atoms with van der Waals surface area (Å²) in [7, 11) is 0. The van der Waals surface area contributed by atoms with Crippen molar-refractivity contribution in [3.05, 3.63) is 30.3 Å². The molecule has 2 heterocycles. The molecule has 1 spiro atoms. The van der Waals surface area contributed by atoms with Crippen molar-refractivity contribution >= 4 is 17.5 Å². The van der Waals surface area contributed by atoms with E-state index in [-0.39, 0.29) is 23.1 Å². The zero-order valence-electron chi connectivity index (χ0n) is 14.4. The van der Waals surface area contributed by atoms with Crippen molar-refractivity contribution in [2.45, 2.75) is 39.0 Å². The zero-order valence-corrected chi connectivity index (χ0v) is 14.4. The second kappa shape index (κ2) is 5.91. The Morgan fingerprint density at radius 2 is 1.88 bits per heavy atom. The summed E-state index contributed by atoms with van der Waals surface area (Å²) in [5.74, 6) is 1.39. The van der Waals surface area contributed by atoms with Gasteiger partial charge in [0.15, 0.2) is 0 Å². The molecule has 3 fully saturated rings. The topological polar surface area (TPSA) is 40.6 Å². The standard InChI is InChI=1S/C20H26N2O2/c1-15-12-16(13-15)18(23)21-10-5-8-20(14-21)9-11-22(19(20)24)17-6-3-2-4-7-17/h2-4,6-7,15-16H,5,8-14H2,1H3. The first-order valence-electron chi connectivity index (χ1n) is 9.25. The summed E-state index contributed by atoms with van der Waals surface area (Å²) in [5, 5.41) is 0. The first-order chi connectivity index (χ1) is 11.6. The van der Waals surface area contributed by atoms with Gasteiger partial charge in [-0.05, 0) is 50.2 Å². The summed E-state index contributed by atoms with van der Waals surface area (Å²) in [6, 6.07) is 9.92. The molecule has 4 nitrogen and oxygen atoms in total. The van der Waals surface area contributed by atoms with E-state index < -0.39 is 0 Å².